The number of carbonyl (C=O) groups is 1. The fourth-order valence-electron chi connectivity index (χ4n) is 1.74. The van der Waals surface area contributed by atoms with E-state index in [0.29, 0.717) is 6.54 Å². The lowest BCUT2D eigenvalue weighted by Gasteiger charge is -2.14. The summed E-state index contributed by atoms with van der Waals surface area (Å²) in [4.78, 5) is 19.4. The zero-order valence-electron chi connectivity index (χ0n) is 9.32. The number of amides is 1. The standard InChI is InChI=1S/C11H14ClN3O2/c12-9-6-13-5-8(15-9)10(17)14-7-11(1-2-11)3-4-16/h5-6,16H,1-4,7H2,(H,14,17). The number of nitrogens with one attached hydrogen (secondary N) is 1. The first-order valence-electron chi connectivity index (χ1n) is 5.52. The van der Waals surface area contributed by atoms with Crippen LogP contribution in [0.5, 0.6) is 0 Å². The average Bonchev–Trinajstić information content (AvgIpc) is 3.07. The van der Waals surface area contributed by atoms with E-state index in [0.717, 1.165) is 19.3 Å². The van der Waals surface area contributed by atoms with E-state index in [-0.39, 0.29) is 28.8 Å². The molecule has 6 heteroatoms. The molecule has 0 radical (unpaired) electrons. The summed E-state index contributed by atoms with van der Waals surface area (Å²) >= 11 is 5.65. The molecule has 1 saturated carbocycles. The zero-order valence-corrected chi connectivity index (χ0v) is 10.1. The van der Waals surface area contributed by atoms with Gasteiger partial charge in [-0.1, -0.05) is 11.6 Å². The quantitative estimate of drug-likeness (QED) is 0.824. The highest BCUT2D eigenvalue weighted by molar-refractivity contribution is 6.29. The fraction of sp³-hybridized carbons (Fsp3) is 0.545. The van der Waals surface area contributed by atoms with Crippen LogP contribution in [0.2, 0.25) is 5.15 Å². The van der Waals surface area contributed by atoms with E-state index >= 15 is 0 Å². The van der Waals surface area contributed by atoms with Gasteiger partial charge in [-0.05, 0) is 24.7 Å². The Balaban J connectivity index is 1.90. The van der Waals surface area contributed by atoms with E-state index in [9.17, 15) is 4.79 Å². The second kappa shape index (κ2) is 4.98. The molecular formula is C11H14ClN3O2. The van der Waals surface area contributed by atoms with Crippen molar-refractivity contribution in [1.82, 2.24) is 15.3 Å². The van der Waals surface area contributed by atoms with E-state index in [1.54, 1.807) is 0 Å². The number of nitrogens with zero attached hydrogens (tertiary/aromatic N) is 2. The van der Waals surface area contributed by atoms with Gasteiger partial charge < -0.3 is 10.4 Å². The molecule has 1 amide bonds. The second-order valence-electron chi connectivity index (χ2n) is 4.38. The van der Waals surface area contributed by atoms with Gasteiger partial charge in [-0.15, -0.1) is 0 Å². The van der Waals surface area contributed by atoms with Crippen molar-refractivity contribution in [1.29, 1.82) is 0 Å². The van der Waals surface area contributed by atoms with E-state index in [2.05, 4.69) is 15.3 Å². The first-order valence-corrected chi connectivity index (χ1v) is 5.90. The average molecular weight is 256 g/mol. The Hall–Kier alpha value is -1.20. The first kappa shape index (κ1) is 12.3. The Bertz CT molecular complexity index is 421. The van der Waals surface area contributed by atoms with Crippen molar-refractivity contribution in [3.05, 3.63) is 23.2 Å². The highest BCUT2D eigenvalue weighted by atomic mass is 35.5. The predicted molar refractivity (Wildman–Crippen MR) is 62.7 cm³/mol. The molecule has 0 bridgehead atoms. The molecule has 0 aliphatic heterocycles. The van der Waals surface area contributed by atoms with Crippen LogP contribution >= 0.6 is 11.6 Å². The van der Waals surface area contributed by atoms with Crippen LogP contribution in [0.4, 0.5) is 0 Å². The number of aliphatic hydroxyl groups is 1. The highest BCUT2D eigenvalue weighted by Gasteiger charge is 2.41. The van der Waals surface area contributed by atoms with Crippen molar-refractivity contribution in [2.75, 3.05) is 13.2 Å². The van der Waals surface area contributed by atoms with Crippen molar-refractivity contribution in [2.45, 2.75) is 19.3 Å². The molecule has 1 fully saturated rings. The Morgan fingerprint density at radius 3 is 2.88 bits per heavy atom. The van der Waals surface area contributed by atoms with Crippen LogP contribution in [0.15, 0.2) is 12.4 Å². The van der Waals surface area contributed by atoms with Crippen LogP contribution in [0.25, 0.3) is 0 Å². The Kier molecular flexibility index (Phi) is 3.59. The molecule has 17 heavy (non-hydrogen) atoms. The van der Waals surface area contributed by atoms with E-state index in [4.69, 9.17) is 16.7 Å². The summed E-state index contributed by atoms with van der Waals surface area (Å²) in [5.74, 6) is -0.274. The maximum absolute atomic E-state index is 11.7. The SMILES string of the molecule is O=C(NCC1(CCO)CC1)c1cncc(Cl)n1. The molecule has 5 nitrogen and oxygen atoms in total. The summed E-state index contributed by atoms with van der Waals surface area (Å²) < 4.78 is 0. The van der Waals surface area contributed by atoms with E-state index in [1.165, 1.54) is 12.4 Å². The van der Waals surface area contributed by atoms with Crippen molar-refractivity contribution in [3.63, 3.8) is 0 Å². The molecule has 0 atom stereocenters. The molecule has 0 saturated heterocycles. The minimum atomic E-state index is -0.274. The minimum Gasteiger partial charge on any atom is -0.396 e. The van der Waals surface area contributed by atoms with Crippen molar-refractivity contribution in [3.8, 4) is 0 Å². The van der Waals surface area contributed by atoms with Crippen molar-refractivity contribution >= 4 is 17.5 Å². The van der Waals surface area contributed by atoms with Crippen LogP contribution in [-0.2, 0) is 0 Å². The van der Waals surface area contributed by atoms with Gasteiger partial charge in [-0.2, -0.15) is 0 Å². The molecule has 0 spiro atoms. The molecular weight excluding hydrogens is 242 g/mol. The summed E-state index contributed by atoms with van der Waals surface area (Å²) in [5.41, 5.74) is 0.313. The van der Waals surface area contributed by atoms with E-state index in [1.807, 2.05) is 0 Å². The molecule has 1 aromatic rings. The van der Waals surface area contributed by atoms with Crippen LogP contribution in [0.3, 0.4) is 0 Å². The van der Waals surface area contributed by atoms with Gasteiger partial charge in [0.15, 0.2) is 0 Å². The van der Waals surface area contributed by atoms with Crippen LogP contribution < -0.4 is 5.32 Å². The number of aromatic nitrogens is 2. The summed E-state index contributed by atoms with van der Waals surface area (Å²) in [6.45, 7) is 0.730. The molecule has 0 unspecified atom stereocenters. The van der Waals surface area contributed by atoms with Gasteiger partial charge in [0.05, 0.1) is 12.4 Å². The number of hydrogen-bond acceptors (Lipinski definition) is 4. The molecule has 1 aromatic heterocycles. The number of aliphatic hydroxyl groups excluding tert-OH is 1. The maximum atomic E-state index is 11.7. The highest BCUT2D eigenvalue weighted by Crippen LogP contribution is 2.47. The Labute approximate surface area is 104 Å². The zero-order chi connectivity index (χ0) is 12.3. The van der Waals surface area contributed by atoms with Gasteiger partial charge in [-0.3, -0.25) is 9.78 Å². The van der Waals surface area contributed by atoms with Gasteiger partial charge in [0.25, 0.3) is 5.91 Å². The Morgan fingerprint density at radius 2 is 2.29 bits per heavy atom. The number of rotatable bonds is 5. The van der Waals surface area contributed by atoms with Gasteiger partial charge >= 0.3 is 0 Å². The molecule has 1 aliphatic carbocycles. The van der Waals surface area contributed by atoms with Gasteiger partial charge in [0.2, 0.25) is 0 Å². The molecule has 1 aliphatic rings. The molecule has 2 rings (SSSR count). The lowest BCUT2D eigenvalue weighted by molar-refractivity contribution is 0.0935. The normalized spacial score (nSPS) is 16.6. The third kappa shape index (κ3) is 3.14. The smallest absolute Gasteiger partial charge is 0.271 e. The molecule has 1 heterocycles. The van der Waals surface area contributed by atoms with Crippen molar-refractivity contribution in [2.24, 2.45) is 5.41 Å². The lowest BCUT2D eigenvalue weighted by Crippen LogP contribution is -2.31. The number of carbonyl (C=O) groups excluding carboxylic acids is 1. The maximum Gasteiger partial charge on any atom is 0.271 e. The molecule has 92 valence electrons. The summed E-state index contributed by atoms with van der Waals surface area (Å²) in [6.07, 6.45) is 5.60. The topological polar surface area (TPSA) is 75.1 Å². The van der Waals surface area contributed by atoms with Gasteiger partial charge in [0.1, 0.15) is 10.8 Å². The summed E-state index contributed by atoms with van der Waals surface area (Å²) in [7, 11) is 0. The largest absolute Gasteiger partial charge is 0.396 e. The van der Waals surface area contributed by atoms with Crippen LogP contribution in [0.1, 0.15) is 29.8 Å². The summed E-state index contributed by atoms with van der Waals surface area (Å²) in [6, 6.07) is 0. The predicted octanol–water partition coefficient (Wildman–Crippen LogP) is 1.02. The van der Waals surface area contributed by atoms with Crippen LogP contribution in [-0.4, -0.2) is 34.1 Å². The molecule has 2 N–H and O–H groups in total. The van der Waals surface area contributed by atoms with Crippen molar-refractivity contribution < 1.29 is 9.90 Å². The monoisotopic (exact) mass is 255 g/mol. The number of hydrogen-bond donors (Lipinski definition) is 2. The fourth-order valence-corrected chi connectivity index (χ4v) is 1.89. The third-order valence-electron chi connectivity index (χ3n) is 3.06. The van der Waals surface area contributed by atoms with Gasteiger partial charge in [0, 0.05) is 13.2 Å². The first-order chi connectivity index (χ1) is 8.15. The van der Waals surface area contributed by atoms with Crippen LogP contribution in [0, 0.1) is 5.41 Å². The summed E-state index contributed by atoms with van der Waals surface area (Å²) in [5, 5.41) is 11.9. The lowest BCUT2D eigenvalue weighted by atomic mass is 10.0. The molecule has 0 aromatic carbocycles. The van der Waals surface area contributed by atoms with Gasteiger partial charge in [-0.25, -0.2) is 4.98 Å². The minimum absolute atomic E-state index is 0.0937. The number of halogens is 1. The Morgan fingerprint density at radius 1 is 1.53 bits per heavy atom. The van der Waals surface area contributed by atoms with E-state index < -0.39 is 0 Å². The third-order valence-corrected chi connectivity index (χ3v) is 3.24. The second-order valence-corrected chi connectivity index (χ2v) is 4.77.